The van der Waals surface area contributed by atoms with Gasteiger partial charge >= 0.3 is 0 Å². The first-order valence-electron chi connectivity index (χ1n) is 6.30. The molecule has 0 aliphatic rings. The van der Waals surface area contributed by atoms with E-state index in [9.17, 15) is 5.11 Å². The molecule has 0 aromatic heterocycles. The maximum atomic E-state index is 10.1. The smallest absolute Gasteiger partial charge is 0.130 e. The van der Waals surface area contributed by atoms with E-state index in [1.807, 2.05) is 54.6 Å². The summed E-state index contributed by atoms with van der Waals surface area (Å²) in [5, 5.41) is 12.3. The summed E-state index contributed by atoms with van der Waals surface area (Å²) in [6.45, 7) is 0. The van der Waals surface area contributed by atoms with E-state index >= 15 is 0 Å². The zero-order chi connectivity index (χ0) is 13.9. The van der Waals surface area contributed by atoms with E-state index in [1.165, 1.54) is 0 Å². The SMILES string of the molecule is COc1ccc(Sc2c(O)ccc3ccccc23)cc1. The molecular weight excluding hydrogens is 268 g/mol. The van der Waals surface area contributed by atoms with Gasteiger partial charge in [0, 0.05) is 4.90 Å². The molecule has 3 rings (SSSR count). The van der Waals surface area contributed by atoms with Gasteiger partial charge in [0.25, 0.3) is 0 Å². The van der Waals surface area contributed by atoms with Crippen LogP contribution in [0.15, 0.2) is 70.5 Å². The van der Waals surface area contributed by atoms with E-state index in [2.05, 4.69) is 0 Å². The highest BCUT2D eigenvalue weighted by molar-refractivity contribution is 7.99. The Kier molecular flexibility index (Phi) is 3.52. The molecule has 0 unspecified atom stereocenters. The monoisotopic (exact) mass is 282 g/mol. The van der Waals surface area contributed by atoms with Crippen LogP contribution in [0.4, 0.5) is 0 Å². The number of methoxy groups -OCH3 is 1. The Bertz CT molecular complexity index is 736. The lowest BCUT2D eigenvalue weighted by molar-refractivity contribution is 0.414. The first kappa shape index (κ1) is 12.9. The molecule has 0 saturated carbocycles. The van der Waals surface area contributed by atoms with Gasteiger partial charge in [-0.3, -0.25) is 0 Å². The Morgan fingerprint density at radius 2 is 1.65 bits per heavy atom. The van der Waals surface area contributed by atoms with Crippen LogP contribution >= 0.6 is 11.8 Å². The topological polar surface area (TPSA) is 29.5 Å². The lowest BCUT2D eigenvalue weighted by atomic mass is 10.1. The summed E-state index contributed by atoms with van der Waals surface area (Å²) in [5.41, 5.74) is 0. The molecule has 20 heavy (non-hydrogen) atoms. The van der Waals surface area contributed by atoms with Gasteiger partial charge in [0.15, 0.2) is 0 Å². The summed E-state index contributed by atoms with van der Waals surface area (Å²) in [6.07, 6.45) is 0. The number of hydrogen-bond donors (Lipinski definition) is 1. The zero-order valence-electron chi connectivity index (χ0n) is 11.0. The van der Waals surface area contributed by atoms with Crippen LogP contribution in [0.2, 0.25) is 0 Å². The van der Waals surface area contributed by atoms with Crippen molar-refractivity contribution in [2.75, 3.05) is 7.11 Å². The molecule has 0 saturated heterocycles. The van der Waals surface area contributed by atoms with Crippen molar-refractivity contribution >= 4 is 22.5 Å². The molecule has 0 aliphatic heterocycles. The first-order chi connectivity index (χ1) is 9.78. The zero-order valence-corrected chi connectivity index (χ0v) is 11.9. The van der Waals surface area contributed by atoms with E-state index in [0.717, 1.165) is 26.3 Å². The number of fused-ring (bicyclic) bond motifs is 1. The van der Waals surface area contributed by atoms with E-state index in [4.69, 9.17) is 4.74 Å². The predicted molar refractivity (Wildman–Crippen MR) is 82.7 cm³/mol. The van der Waals surface area contributed by atoms with Gasteiger partial charge in [-0.15, -0.1) is 0 Å². The molecule has 100 valence electrons. The fourth-order valence-electron chi connectivity index (χ4n) is 2.10. The number of benzene rings is 3. The van der Waals surface area contributed by atoms with Crippen molar-refractivity contribution in [3.05, 3.63) is 60.7 Å². The van der Waals surface area contributed by atoms with Gasteiger partial charge in [0.2, 0.25) is 0 Å². The third-order valence-corrected chi connectivity index (χ3v) is 4.28. The van der Waals surface area contributed by atoms with E-state index in [0.29, 0.717) is 5.75 Å². The van der Waals surface area contributed by atoms with E-state index in [-0.39, 0.29) is 0 Å². The summed E-state index contributed by atoms with van der Waals surface area (Å²) in [5.74, 6) is 1.14. The molecule has 3 aromatic carbocycles. The van der Waals surface area contributed by atoms with Gasteiger partial charge in [0.1, 0.15) is 11.5 Å². The molecule has 3 heteroatoms. The highest BCUT2D eigenvalue weighted by Crippen LogP contribution is 2.40. The van der Waals surface area contributed by atoms with Crippen LogP contribution in [0.25, 0.3) is 10.8 Å². The Labute approximate surface area is 122 Å². The first-order valence-corrected chi connectivity index (χ1v) is 7.12. The predicted octanol–water partition coefficient (Wildman–Crippen LogP) is 4.71. The van der Waals surface area contributed by atoms with Gasteiger partial charge in [-0.1, -0.05) is 42.1 Å². The lowest BCUT2D eigenvalue weighted by Crippen LogP contribution is -1.82. The molecule has 0 heterocycles. The molecular formula is C17H14O2S. The summed E-state index contributed by atoms with van der Waals surface area (Å²) in [7, 11) is 1.65. The lowest BCUT2D eigenvalue weighted by Gasteiger charge is -2.09. The summed E-state index contributed by atoms with van der Waals surface area (Å²) < 4.78 is 5.15. The fraction of sp³-hybridized carbons (Fsp3) is 0.0588. The Morgan fingerprint density at radius 3 is 2.40 bits per heavy atom. The molecule has 2 nitrogen and oxygen atoms in total. The Morgan fingerprint density at radius 1 is 0.900 bits per heavy atom. The summed E-state index contributed by atoms with van der Waals surface area (Å²) >= 11 is 1.56. The van der Waals surface area contributed by atoms with E-state index < -0.39 is 0 Å². The molecule has 0 atom stereocenters. The molecule has 3 aromatic rings. The van der Waals surface area contributed by atoms with Gasteiger partial charge in [-0.2, -0.15) is 0 Å². The van der Waals surface area contributed by atoms with Crippen molar-refractivity contribution in [3.63, 3.8) is 0 Å². The molecule has 0 fully saturated rings. The van der Waals surface area contributed by atoms with Crippen LogP contribution < -0.4 is 4.74 Å². The van der Waals surface area contributed by atoms with Crippen LogP contribution in [0.1, 0.15) is 0 Å². The molecule has 0 radical (unpaired) electrons. The molecule has 1 N–H and O–H groups in total. The number of hydrogen-bond acceptors (Lipinski definition) is 3. The number of ether oxygens (including phenoxy) is 1. The molecule has 0 amide bonds. The van der Waals surface area contributed by atoms with Crippen molar-refractivity contribution in [2.24, 2.45) is 0 Å². The normalized spacial score (nSPS) is 10.7. The summed E-state index contributed by atoms with van der Waals surface area (Å²) in [6, 6.07) is 19.6. The Hall–Kier alpha value is -2.13. The number of aromatic hydroxyl groups is 1. The van der Waals surface area contributed by atoms with Gasteiger partial charge in [0.05, 0.1) is 12.0 Å². The minimum Gasteiger partial charge on any atom is -0.507 e. The summed E-state index contributed by atoms with van der Waals surface area (Å²) in [4.78, 5) is 1.95. The maximum Gasteiger partial charge on any atom is 0.130 e. The van der Waals surface area contributed by atoms with Crippen molar-refractivity contribution in [3.8, 4) is 11.5 Å². The van der Waals surface area contributed by atoms with Crippen LogP contribution in [0.5, 0.6) is 11.5 Å². The third kappa shape index (κ3) is 2.45. The fourth-order valence-corrected chi connectivity index (χ4v) is 3.08. The minimum atomic E-state index is 0.310. The average Bonchev–Trinajstić information content (AvgIpc) is 2.51. The van der Waals surface area contributed by atoms with Crippen molar-refractivity contribution in [2.45, 2.75) is 9.79 Å². The van der Waals surface area contributed by atoms with Gasteiger partial charge < -0.3 is 9.84 Å². The molecule has 0 aliphatic carbocycles. The van der Waals surface area contributed by atoms with Crippen LogP contribution in [0, 0.1) is 0 Å². The number of phenolic OH excluding ortho intramolecular Hbond substituents is 1. The molecule has 0 bridgehead atoms. The maximum absolute atomic E-state index is 10.1. The van der Waals surface area contributed by atoms with Crippen LogP contribution in [-0.2, 0) is 0 Å². The van der Waals surface area contributed by atoms with E-state index in [1.54, 1.807) is 24.9 Å². The second-order valence-electron chi connectivity index (χ2n) is 4.41. The van der Waals surface area contributed by atoms with Crippen LogP contribution in [0.3, 0.4) is 0 Å². The highest BCUT2D eigenvalue weighted by atomic mass is 32.2. The van der Waals surface area contributed by atoms with Crippen molar-refractivity contribution in [1.82, 2.24) is 0 Å². The number of phenols is 1. The molecule has 0 spiro atoms. The highest BCUT2D eigenvalue weighted by Gasteiger charge is 2.08. The average molecular weight is 282 g/mol. The Balaban J connectivity index is 2.02. The second-order valence-corrected chi connectivity index (χ2v) is 5.50. The standard InChI is InChI=1S/C17H14O2S/c1-19-13-7-9-14(10-8-13)20-17-15-5-3-2-4-12(15)6-11-16(17)18/h2-11,18H,1H3. The third-order valence-electron chi connectivity index (χ3n) is 3.14. The quantitative estimate of drug-likeness (QED) is 0.754. The minimum absolute atomic E-state index is 0.310. The largest absolute Gasteiger partial charge is 0.507 e. The second kappa shape index (κ2) is 5.47. The van der Waals surface area contributed by atoms with Crippen LogP contribution in [-0.4, -0.2) is 12.2 Å². The van der Waals surface area contributed by atoms with Crippen molar-refractivity contribution < 1.29 is 9.84 Å². The van der Waals surface area contributed by atoms with Gasteiger partial charge in [-0.25, -0.2) is 0 Å². The number of rotatable bonds is 3. The van der Waals surface area contributed by atoms with Crippen molar-refractivity contribution in [1.29, 1.82) is 0 Å². The van der Waals surface area contributed by atoms with Gasteiger partial charge in [-0.05, 0) is 41.1 Å².